The highest BCUT2D eigenvalue weighted by Crippen LogP contribution is 2.41. The van der Waals surface area contributed by atoms with E-state index in [1.54, 1.807) is 14.2 Å². The van der Waals surface area contributed by atoms with Gasteiger partial charge in [0.15, 0.2) is 0 Å². The van der Waals surface area contributed by atoms with Gasteiger partial charge in [-0.25, -0.2) is 0 Å². The van der Waals surface area contributed by atoms with Gasteiger partial charge in [-0.3, -0.25) is 0 Å². The molecule has 0 saturated heterocycles. The van der Waals surface area contributed by atoms with Crippen molar-refractivity contribution in [3.05, 3.63) is 23.8 Å². The van der Waals surface area contributed by atoms with E-state index >= 15 is 0 Å². The minimum atomic E-state index is 0.589. The van der Waals surface area contributed by atoms with Crippen molar-refractivity contribution in [2.24, 2.45) is 5.92 Å². The molecule has 0 bridgehead atoms. The van der Waals surface area contributed by atoms with Crippen LogP contribution in [0, 0.1) is 5.92 Å². The van der Waals surface area contributed by atoms with Crippen molar-refractivity contribution in [3.8, 4) is 11.5 Å². The summed E-state index contributed by atoms with van der Waals surface area (Å²) in [4.78, 5) is 0. The molecule has 0 amide bonds. The molecule has 0 radical (unpaired) electrons. The molecule has 1 aromatic rings. The smallest absolute Gasteiger partial charge is 0.126 e. The van der Waals surface area contributed by atoms with Crippen molar-refractivity contribution in [1.29, 1.82) is 0 Å². The van der Waals surface area contributed by atoms with Gasteiger partial charge >= 0.3 is 0 Å². The average Bonchev–Trinajstić information content (AvgIpc) is 2.72. The highest BCUT2D eigenvalue weighted by molar-refractivity contribution is 5.43. The van der Waals surface area contributed by atoms with E-state index in [0.717, 1.165) is 18.0 Å². The SMILES string of the molecule is CNCC1CCCCCC1c1ccc(OC)cc1OC. The molecule has 2 atom stereocenters. The molecule has 1 N–H and O–H groups in total. The van der Waals surface area contributed by atoms with Crippen LogP contribution in [0.4, 0.5) is 0 Å². The molecule has 1 saturated carbocycles. The zero-order valence-electron chi connectivity index (χ0n) is 12.9. The highest BCUT2D eigenvalue weighted by atomic mass is 16.5. The number of ether oxygens (including phenoxy) is 2. The van der Waals surface area contributed by atoms with Crippen LogP contribution >= 0.6 is 0 Å². The minimum Gasteiger partial charge on any atom is -0.497 e. The fraction of sp³-hybridized carbons (Fsp3) is 0.647. The maximum atomic E-state index is 5.61. The van der Waals surface area contributed by atoms with E-state index in [1.807, 2.05) is 13.1 Å². The van der Waals surface area contributed by atoms with Crippen LogP contribution in [0.3, 0.4) is 0 Å². The van der Waals surface area contributed by atoms with Gasteiger partial charge in [0.25, 0.3) is 0 Å². The predicted molar refractivity (Wildman–Crippen MR) is 82.8 cm³/mol. The average molecular weight is 277 g/mol. The molecule has 0 heterocycles. The topological polar surface area (TPSA) is 30.5 Å². The second-order valence-electron chi connectivity index (χ2n) is 5.67. The quantitative estimate of drug-likeness (QED) is 0.834. The van der Waals surface area contributed by atoms with Crippen molar-refractivity contribution in [1.82, 2.24) is 5.32 Å². The van der Waals surface area contributed by atoms with E-state index in [2.05, 4.69) is 17.4 Å². The number of hydrogen-bond acceptors (Lipinski definition) is 3. The number of rotatable bonds is 5. The van der Waals surface area contributed by atoms with Gasteiger partial charge in [0.2, 0.25) is 0 Å². The molecule has 3 heteroatoms. The Balaban J connectivity index is 2.30. The Morgan fingerprint density at radius 3 is 2.60 bits per heavy atom. The molecule has 0 aromatic heterocycles. The molecule has 1 aromatic carbocycles. The standard InChI is InChI=1S/C17H27NO2/c1-18-12-13-7-5-4-6-8-15(13)16-10-9-14(19-2)11-17(16)20-3/h9-11,13,15,18H,4-8,12H2,1-3H3. The van der Waals surface area contributed by atoms with Crippen LogP contribution in [0.2, 0.25) is 0 Å². The molecule has 2 unspecified atom stereocenters. The number of hydrogen-bond donors (Lipinski definition) is 1. The van der Waals surface area contributed by atoms with Gasteiger partial charge in [-0.05, 0) is 49.9 Å². The first-order valence-corrected chi connectivity index (χ1v) is 7.66. The van der Waals surface area contributed by atoms with Crippen LogP contribution in [0.1, 0.15) is 43.6 Å². The molecule has 112 valence electrons. The van der Waals surface area contributed by atoms with Crippen LogP contribution in [0.15, 0.2) is 18.2 Å². The summed E-state index contributed by atoms with van der Waals surface area (Å²) in [7, 11) is 5.50. The van der Waals surface area contributed by atoms with Gasteiger partial charge < -0.3 is 14.8 Å². The highest BCUT2D eigenvalue weighted by Gasteiger charge is 2.27. The number of benzene rings is 1. The Morgan fingerprint density at radius 1 is 1.10 bits per heavy atom. The lowest BCUT2D eigenvalue weighted by Crippen LogP contribution is -2.24. The normalized spacial score (nSPS) is 23.1. The van der Waals surface area contributed by atoms with Gasteiger partial charge in [0.1, 0.15) is 11.5 Å². The van der Waals surface area contributed by atoms with Crippen molar-refractivity contribution < 1.29 is 9.47 Å². The largest absolute Gasteiger partial charge is 0.497 e. The van der Waals surface area contributed by atoms with Crippen LogP contribution in [-0.2, 0) is 0 Å². The fourth-order valence-electron chi connectivity index (χ4n) is 3.43. The van der Waals surface area contributed by atoms with Crippen LogP contribution < -0.4 is 14.8 Å². The Morgan fingerprint density at radius 2 is 1.90 bits per heavy atom. The van der Waals surface area contributed by atoms with E-state index in [0.29, 0.717) is 11.8 Å². The maximum absolute atomic E-state index is 5.61. The third kappa shape index (κ3) is 3.45. The van der Waals surface area contributed by atoms with Crippen molar-refractivity contribution in [2.45, 2.75) is 38.0 Å². The Kier molecular flexibility index (Phi) is 5.72. The predicted octanol–water partition coefficient (Wildman–Crippen LogP) is 3.59. The zero-order valence-corrected chi connectivity index (χ0v) is 12.9. The van der Waals surface area contributed by atoms with Crippen LogP contribution in [0.5, 0.6) is 11.5 Å². The van der Waals surface area contributed by atoms with Crippen molar-refractivity contribution in [2.75, 3.05) is 27.8 Å². The molecule has 1 fully saturated rings. The molecular formula is C17H27NO2. The van der Waals surface area contributed by atoms with Crippen LogP contribution in [-0.4, -0.2) is 27.8 Å². The third-order valence-electron chi connectivity index (χ3n) is 4.47. The molecule has 0 aliphatic heterocycles. The van der Waals surface area contributed by atoms with E-state index in [4.69, 9.17) is 9.47 Å². The number of nitrogens with one attached hydrogen (secondary N) is 1. The summed E-state index contributed by atoms with van der Waals surface area (Å²) >= 11 is 0. The first-order chi connectivity index (χ1) is 9.80. The lowest BCUT2D eigenvalue weighted by Gasteiger charge is -2.27. The van der Waals surface area contributed by atoms with E-state index < -0.39 is 0 Å². The lowest BCUT2D eigenvalue weighted by molar-refractivity contribution is 0.356. The molecule has 1 aliphatic rings. The Hall–Kier alpha value is -1.22. The molecular weight excluding hydrogens is 250 g/mol. The summed E-state index contributed by atoms with van der Waals surface area (Å²) in [6.45, 7) is 1.08. The maximum Gasteiger partial charge on any atom is 0.126 e. The first kappa shape index (κ1) is 15.2. The summed E-state index contributed by atoms with van der Waals surface area (Å²) in [5, 5.41) is 3.36. The Labute approximate surface area is 122 Å². The van der Waals surface area contributed by atoms with Gasteiger partial charge in [0.05, 0.1) is 14.2 Å². The minimum absolute atomic E-state index is 0.589. The third-order valence-corrected chi connectivity index (χ3v) is 4.47. The van der Waals surface area contributed by atoms with Gasteiger partial charge in [-0.15, -0.1) is 0 Å². The molecule has 0 spiro atoms. The van der Waals surface area contributed by atoms with E-state index in [1.165, 1.54) is 37.7 Å². The first-order valence-electron chi connectivity index (χ1n) is 7.66. The monoisotopic (exact) mass is 277 g/mol. The summed E-state index contributed by atoms with van der Waals surface area (Å²) in [5.74, 6) is 3.12. The summed E-state index contributed by atoms with van der Waals surface area (Å²) < 4.78 is 10.9. The fourth-order valence-corrected chi connectivity index (χ4v) is 3.43. The van der Waals surface area contributed by atoms with Crippen molar-refractivity contribution in [3.63, 3.8) is 0 Å². The van der Waals surface area contributed by atoms with Crippen LogP contribution in [0.25, 0.3) is 0 Å². The molecule has 2 rings (SSSR count). The van der Waals surface area contributed by atoms with E-state index in [-0.39, 0.29) is 0 Å². The molecule has 1 aliphatic carbocycles. The molecule has 20 heavy (non-hydrogen) atoms. The molecule has 3 nitrogen and oxygen atoms in total. The lowest BCUT2D eigenvalue weighted by atomic mass is 9.82. The summed E-state index contributed by atoms with van der Waals surface area (Å²) in [6.07, 6.45) is 6.59. The summed E-state index contributed by atoms with van der Waals surface area (Å²) in [5.41, 5.74) is 1.34. The zero-order chi connectivity index (χ0) is 14.4. The van der Waals surface area contributed by atoms with Gasteiger partial charge in [-0.2, -0.15) is 0 Å². The second-order valence-corrected chi connectivity index (χ2v) is 5.67. The van der Waals surface area contributed by atoms with E-state index in [9.17, 15) is 0 Å². The van der Waals surface area contributed by atoms with Crippen molar-refractivity contribution >= 4 is 0 Å². The van der Waals surface area contributed by atoms with Gasteiger partial charge in [0, 0.05) is 6.07 Å². The number of methoxy groups -OCH3 is 2. The summed E-state index contributed by atoms with van der Waals surface area (Å²) in [6, 6.07) is 6.26. The Bertz CT molecular complexity index is 419. The van der Waals surface area contributed by atoms with Gasteiger partial charge in [-0.1, -0.05) is 25.3 Å². The second kappa shape index (κ2) is 7.53.